The molecule has 7 nitrogen and oxygen atoms in total. The number of hydrogen-bond donors (Lipinski definition) is 1. The van der Waals surface area contributed by atoms with E-state index in [0.717, 1.165) is 19.6 Å². The molecule has 1 N–H and O–H groups in total. The van der Waals surface area contributed by atoms with Crippen molar-refractivity contribution in [3.63, 3.8) is 0 Å². The number of carbonyl (C=O) groups is 1. The third-order valence-corrected chi connectivity index (χ3v) is 6.67. The Kier molecular flexibility index (Phi) is 5.52. The lowest BCUT2D eigenvalue weighted by Crippen LogP contribution is -2.45. The van der Waals surface area contributed by atoms with Gasteiger partial charge >= 0.3 is 6.03 Å². The fourth-order valence-electron chi connectivity index (χ4n) is 3.18. The van der Waals surface area contributed by atoms with E-state index >= 15 is 0 Å². The minimum Gasteiger partial charge on any atom is -0.379 e. The van der Waals surface area contributed by atoms with Crippen LogP contribution in [0, 0.1) is 0 Å². The van der Waals surface area contributed by atoms with Crippen molar-refractivity contribution >= 4 is 27.5 Å². The number of fused-ring (bicyclic) bond motifs is 1. The molecule has 2 aliphatic rings. The van der Waals surface area contributed by atoms with Gasteiger partial charge in [0, 0.05) is 38.2 Å². The van der Waals surface area contributed by atoms with Crippen molar-refractivity contribution in [1.82, 2.24) is 15.1 Å². The van der Waals surface area contributed by atoms with Crippen LogP contribution in [0.1, 0.15) is 11.6 Å². The number of benzene rings is 1. The van der Waals surface area contributed by atoms with Crippen LogP contribution in [0.5, 0.6) is 0 Å². The van der Waals surface area contributed by atoms with Crippen molar-refractivity contribution in [2.24, 2.45) is 0 Å². The van der Waals surface area contributed by atoms with Crippen molar-refractivity contribution < 1.29 is 17.9 Å². The largest absolute Gasteiger partial charge is 0.379 e. The van der Waals surface area contributed by atoms with Crippen LogP contribution in [0.2, 0.25) is 5.02 Å². The molecule has 1 saturated heterocycles. The maximum absolute atomic E-state index is 12.4. The van der Waals surface area contributed by atoms with Crippen LogP contribution >= 0.6 is 11.6 Å². The number of sulfone groups is 1. The van der Waals surface area contributed by atoms with Gasteiger partial charge in [0.05, 0.1) is 29.9 Å². The van der Waals surface area contributed by atoms with Gasteiger partial charge in [0.1, 0.15) is 0 Å². The van der Waals surface area contributed by atoms with Gasteiger partial charge in [0.15, 0.2) is 9.84 Å². The summed E-state index contributed by atoms with van der Waals surface area (Å²) < 4.78 is 29.9. The molecule has 25 heavy (non-hydrogen) atoms. The third-order valence-electron chi connectivity index (χ3n) is 4.64. The summed E-state index contributed by atoms with van der Waals surface area (Å²) in [5, 5.41) is 3.32. The molecule has 0 radical (unpaired) electrons. The van der Waals surface area contributed by atoms with E-state index in [9.17, 15) is 13.2 Å². The zero-order valence-electron chi connectivity index (χ0n) is 14.1. The molecule has 2 heterocycles. The zero-order chi connectivity index (χ0) is 18.0. The first-order valence-electron chi connectivity index (χ1n) is 8.21. The first kappa shape index (κ1) is 18.4. The molecule has 1 aromatic carbocycles. The summed E-state index contributed by atoms with van der Waals surface area (Å²) in [6.45, 7) is 4.40. The van der Waals surface area contributed by atoms with Gasteiger partial charge in [-0.05, 0) is 23.8 Å². The van der Waals surface area contributed by atoms with Crippen LogP contribution in [0.3, 0.4) is 0 Å². The average Bonchev–Trinajstić information content (AvgIpc) is 2.85. The Morgan fingerprint density at radius 1 is 1.40 bits per heavy atom. The Morgan fingerprint density at radius 2 is 2.12 bits per heavy atom. The lowest BCUT2D eigenvalue weighted by molar-refractivity contribution is 0.0386. The van der Waals surface area contributed by atoms with Crippen LogP contribution in [0.4, 0.5) is 4.79 Å². The molecule has 1 aromatic rings. The predicted octanol–water partition coefficient (Wildman–Crippen LogP) is 1.14. The van der Waals surface area contributed by atoms with Crippen molar-refractivity contribution in [2.75, 3.05) is 52.2 Å². The smallest absolute Gasteiger partial charge is 0.317 e. The summed E-state index contributed by atoms with van der Waals surface area (Å²) in [7, 11) is -1.78. The summed E-state index contributed by atoms with van der Waals surface area (Å²) >= 11 is 6.01. The molecular weight excluding hydrogens is 366 g/mol. The van der Waals surface area contributed by atoms with E-state index in [2.05, 4.69) is 10.2 Å². The van der Waals surface area contributed by atoms with Crippen LogP contribution < -0.4 is 5.32 Å². The molecule has 0 aromatic heterocycles. The number of carbonyl (C=O) groups excluding carboxylic acids is 1. The zero-order valence-corrected chi connectivity index (χ0v) is 15.6. The highest BCUT2D eigenvalue weighted by molar-refractivity contribution is 7.91. The van der Waals surface area contributed by atoms with E-state index < -0.39 is 15.9 Å². The van der Waals surface area contributed by atoms with Gasteiger partial charge in [-0.3, -0.25) is 4.90 Å². The molecule has 1 fully saturated rings. The van der Waals surface area contributed by atoms with Crippen molar-refractivity contribution in [3.05, 3.63) is 28.8 Å². The lowest BCUT2D eigenvalue weighted by atomic mass is 10.1. The van der Waals surface area contributed by atoms with E-state index in [-0.39, 0.29) is 16.7 Å². The number of nitrogens with one attached hydrogen (secondary N) is 1. The molecule has 0 saturated carbocycles. The molecule has 0 aliphatic carbocycles. The minimum absolute atomic E-state index is 0.115. The standard InChI is InChI=1S/C16H22ClN3O4S/c1-19(16(21)18-4-5-20-6-8-24-9-7-20)14-11-25(22,23)15-3-2-12(17)10-13(14)15/h2-3,10,14H,4-9,11H2,1H3,(H,18,21). The van der Waals surface area contributed by atoms with Crippen molar-refractivity contribution in [2.45, 2.75) is 10.9 Å². The summed E-state index contributed by atoms with van der Waals surface area (Å²) in [6, 6.07) is 3.88. The highest BCUT2D eigenvalue weighted by Crippen LogP contribution is 2.37. The summed E-state index contributed by atoms with van der Waals surface area (Å²) in [4.78, 5) is 16.3. The van der Waals surface area contributed by atoms with Gasteiger partial charge in [0.25, 0.3) is 0 Å². The summed E-state index contributed by atoms with van der Waals surface area (Å²) in [6.07, 6.45) is 0. The van der Waals surface area contributed by atoms with Gasteiger partial charge < -0.3 is 15.0 Å². The maximum Gasteiger partial charge on any atom is 0.317 e. The first-order valence-corrected chi connectivity index (χ1v) is 10.2. The van der Waals surface area contributed by atoms with E-state index in [4.69, 9.17) is 16.3 Å². The molecular formula is C16H22ClN3O4S. The summed E-state index contributed by atoms with van der Waals surface area (Å²) in [5.41, 5.74) is 0.582. The monoisotopic (exact) mass is 387 g/mol. The first-order chi connectivity index (χ1) is 11.9. The Bertz CT molecular complexity index is 750. The Labute approximate surface area is 152 Å². The van der Waals surface area contributed by atoms with Gasteiger partial charge in [-0.15, -0.1) is 0 Å². The van der Waals surface area contributed by atoms with E-state index in [1.54, 1.807) is 19.2 Å². The molecule has 138 valence electrons. The van der Waals surface area contributed by atoms with Crippen LogP contribution in [-0.2, 0) is 14.6 Å². The molecule has 2 amide bonds. The molecule has 1 unspecified atom stereocenters. The van der Waals surface area contributed by atoms with Gasteiger partial charge in [-0.1, -0.05) is 11.6 Å². The highest BCUT2D eigenvalue weighted by atomic mass is 35.5. The Morgan fingerprint density at radius 3 is 2.84 bits per heavy atom. The predicted molar refractivity (Wildman–Crippen MR) is 94.7 cm³/mol. The molecule has 2 aliphatic heterocycles. The number of amides is 2. The maximum atomic E-state index is 12.4. The van der Waals surface area contributed by atoms with E-state index in [1.807, 2.05) is 0 Å². The highest BCUT2D eigenvalue weighted by Gasteiger charge is 2.38. The Hall–Kier alpha value is -1.35. The van der Waals surface area contributed by atoms with Crippen LogP contribution in [0.15, 0.2) is 23.1 Å². The average molecular weight is 388 g/mol. The molecule has 9 heteroatoms. The van der Waals surface area contributed by atoms with E-state index in [1.165, 1.54) is 11.0 Å². The number of nitrogens with zero attached hydrogens (tertiary/aromatic N) is 2. The fraction of sp³-hybridized carbons (Fsp3) is 0.562. The molecule has 1 atom stereocenters. The topological polar surface area (TPSA) is 79.0 Å². The van der Waals surface area contributed by atoms with Gasteiger partial charge in [-0.25, -0.2) is 13.2 Å². The number of urea groups is 1. The molecule has 0 bridgehead atoms. The van der Waals surface area contributed by atoms with Crippen molar-refractivity contribution in [1.29, 1.82) is 0 Å². The third kappa shape index (κ3) is 4.08. The van der Waals surface area contributed by atoms with E-state index in [0.29, 0.717) is 30.3 Å². The second kappa shape index (κ2) is 7.49. The number of halogens is 1. The number of hydrogen-bond acceptors (Lipinski definition) is 5. The second-order valence-corrected chi connectivity index (χ2v) is 8.72. The van der Waals surface area contributed by atoms with Crippen molar-refractivity contribution in [3.8, 4) is 0 Å². The molecule has 3 rings (SSSR count). The van der Waals surface area contributed by atoms with Crippen LogP contribution in [-0.4, -0.2) is 76.4 Å². The lowest BCUT2D eigenvalue weighted by Gasteiger charge is -2.28. The quantitative estimate of drug-likeness (QED) is 0.838. The Balaban J connectivity index is 1.62. The number of rotatable bonds is 4. The minimum atomic E-state index is -3.39. The number of morpholine rings is 1. The van der Waals surface area contributed by atoms with Gasteiger partial charge in [-0.2, -0.15) is 0 Å². The summed E-state index contributed by atoms with van der Waals surface area (Å²) in [5.74, 6) is -0.115. The van der Waals surface area contributed by atoms with Gasteiger partial charge in [0.2, 0.25) is 0 Å². The van der Waals surface area contributed by atoms with Crippen LogP contribution in [0.25, 0.3) is 0 Å². The normalized spacial score (nSPS) is 22.4. The molecule has 0 spiro atoms. The number of ether oxygens (including phenoxy) is 1. The SMILES string of the molecule is CN(C(=O)NCCN1CCOCC1)C1CS(=O)(=O)c2ccc(Cl)cc21. The fourth-order valence-corrected chi connectivity index (χ4v) is 5.19. The second-order valence-electron chi connectivity index (χ2n) is 6.28.